The summed E-state index contributed by atoms with van der Waals surface area (Å²) in [5.74, 6) is 0.994. The quantitative estimate of drug-likeness (QED) is 0.802. The summed E-state index contributed by atoms with van der Waals surface area (Å²) < 4.78 is 10.5. The number of hydrogen-bond acceptors (Lipinski definition) is 3. The summed E-state index contributed by atoms with van der Waals surface area (Å²) in [6.07, 6.45) is 10.9. The molecule has 3 aliphatic rings. The Hall–Kier alpha value is -0.120. The van der Waals surface area contributed by atoms with E-state index in [0.29, 0.717) is 12.2 Å². The molecule has 0 bridgehead atoms. The molecule has 1 N–H and O–H groups in total. The van der Waals surface area contributed by atoms with Crippen molar-refractivity contribution in [2.45, 2.75) is 77.9 Å². The van der Waals surface area contributed by atoms with Crippen molar-refractivity contribution in [3.63, 3.8) is 0 Å². The van der Waals surface area contributed by atoms with Gasteiger partial charge in [0.15, 0.2) is 0 Å². The van der Waals surface area contributed by atoms with Crippen LogP contribution in [0.3, 0.4) is 0 Å². The maximum absolute atomic E-state index is 5.45. The SMILES string of the molecule is C1COCCN1.CCCC.CCCC1CCC2OC2C1. The van der Waals surface area contributed by atoms with Crippen molar-refractivity contribution < 1.29 is 9.47 Å². The lowest BCUT2D eigenvalue weighted by atomic mass is 9.86. The minimum absolute atomic E-state index is 0.685. The van der Waals surface area contributed by atoms with E-state index < -0.39 is 0 Å². The predicted molar refractivity (Wildman–Crippen MR) is 85.2 cm³/mol. The highest BCUT2D eigenvalue weighted by Gasteiger charge is 2.43. The van der Waals surface area contributed by atoms with Gasteiger partial charge in [0.05, 0.1) is 25.4 Å². The van der Waals surface area contributed by atoms with Crippen molar-refractivity contribution in [1.82, 2.24) is 5.32 Å². The summed E-state index contributed by atoms with van der Waals surface area (Å²) in [6, 6.07) is 0. The van der Waals surface area contributed by atoms with Crippen LogP contribution in [0.15, 0.2) is 0 Å². The first-order valence-electron chi connectivity index (χ1n) is 8.75. The van der Waals surface area contributed by atoms with Crippen LogP contribution in [0.2, 0.25) is 0 Å². The van der Waals surface area contributed by atoms with Crippen LogP contribution in [0.5, 0.6) is 0 Å². The molecule has 20 heavy (non-hydrogen) atoms. The van der Waals surface area contributed by atoms with Gasteiger partial charge in [-0.25, -0.2) is 0 Å². The van der Waals surface area contributed by atoms with Crippen LogP contribution in [0.1, 0.15) is 65.7 Å². The second-order valence-electron chi connectivity index (χ2n) is 6.04. The average molecular weight is 285 g/mol. The Morgan fingerprint density at radius 2 is 1.60 bits per heavy atom. The van der Waals surface area contributed by atoms with Crippen LogP contribution in [0.25, 0.3) is 0 Å². The van der Waals surface area contributed by atoms with Crippen molar-refractivity contribution >= 4 is 0 Å². The highest BCUT2D eigenvalue weighted by atomic mass is 16.6. The molecule has 2 saturated heterocycles. The summed E-state index contributed by atoms with van der Waals surface area (Å²) >= 11 is 0. The zero-order valence-corrected chi connectivity index (χ0v) is 13.8. The highest BCUT2D eigenvalue weighted by molar-refractivity contribution is 4.91. The van der Waals surface area contributed by atoms with Gasteiger partial charge in [0, 0.05) is 13.1 Å². The Labute approximate surface area is 125 Å². The molecule has 1 aliphatic carbocycles. The molecule has 1 saturated carbocycles. The van der Waals surface area contributed by atoms with Crippen molar-refractivity contribution in [3.05, 3.63) is 0 Å². The van der Waals surface area contributed by atoms with E-state index in [1.54, 1.807) is 0 Å². The molecule has 0 radical (unpaired) electrons. The average Bonchev–Trinajstić information content (AvgIpc) is 3.29. The number of morpholine rings is 1. The lowest BCUT2D eigenvalue weighted by molar-refractivity contribution is 0.109. The number of unbranched alkanes of at least 4 members (excludes halogenated alkanes) is 1. The molecule has 120 valence electrons. The molecule has 2 heterocycles. The molecule has 3 heteroatoms. The van der Waals surface area contributed by atoms with E-state index in [1.165, 1.54) is 44.9 Å². The second kappa shape index (κ2) is 11.5. The molecule has 3 fully saturated rings. The minimum atomic E-state index is 0.685. The Bertz CT molecular complexity index is 206. The van der Waals surface area contributed by atoms with Gasteiger partial charge >= 0.3 is 0 Å². The molecule has 0 aromatic heterocycles. The molecule has 3 atom stereocenters. The Balaban J connectivity index is 0.000000172. The summed E-state index contributed by atoms with van der Waals surface area (Å²) in [4.78, 5) is 0. The monoisotopic (exact) mass is 285 g/mol. The Kier molecular flexibility index (Phi) is 10.3. The predicted octanol–water partition coefficient (Wildman–Crippen LogP) is 3.77. The number of fused-ring (bicyclic) bond motifs is 1. The number of hydrogen-bond donors (Lipinski definition) is 1. The summed E-state index contributed by atoms with van der Waals surface area (Å²) in [5, 5.41) is 3.16. The van der Waals surface area contributed by atoms with Gasteiger partial charge in [-0.05, 0) is 25.2 Å². The first kappa shape index (κ1) is 17.9. The topological polar surface area (TPSA) is 33.8 Å². The van der Waals surface area contributed by atoms with Gasteiger partial charge in [-0.1, -0.05) is 46.5 Å². The lowest BCUT2D eigenvalue weighted by Crippen LogP contribution is -2.30. The van der Waals surface area contributed by atoms with Crippen LogP contribution >= 0.6 is 0 Å². The van der Waals surface area contributed by atoms with Gasteiger partial charge < -0.3 is 14.8 Å². The molecule has 3 nitrogen and oxygen atoms in total. The number of rotatable bonds is 3. The molecular formula is C17H35NO2. The Morgan fingerprint density at radius 3 is 2.00 bits per heavy atom. The van der Waals surface area contributed by atoms with Crippen molar-refractivity contribution in [2.75, 3.05) is 26.3 Å². The third kappa shape index (κ3) is 8.23. The number of epoxide rings is 1. The van der Waals surface area contributed by atoms with Crippen LogP contribution in [-0.2, 0) is 9.47 Å². The van der Waals surface area contributed by atoms with E-state index in [4.69, 9.17) is 9.47 Å². The highest BCUT2D eigenvalue weighted by Crippen LogP contribution is 2.40. The molecule has 2 aliphatic heterocycles. The molecule has 0 spiro atoms. The van der Waals surface area contributed by atoms with E-state index in [0.717, 1.165) is 32.2 Å². The van der Waals surface area contributed by atoms with Gasteiger partial charge in [-0.3, -0.25) is 0 Å². The van der Waals surface area contributed by atoms with E-state index in [9.17, 15) is 0 Å². The first-order chi connectivity index (χ1) is 9.81. The smallest absolute Gasteiger partial charge is 0.0844 e. The zero-order chi connectivity index (χ0) is 14.6. The number of nitrogens with one attached hydrogen (secondary N) is 1. The molecule has 0 aromatic rings. The molecular weight excluding hydrogens is 250 g/mol. The van der Waals surface area contributed by atoms with Gasteiger partial charge in [0.25, 0.3) is 0 Å². The molecule has 3 rings (SSSR count). The van der Waals surface area contributed by atoms with Gasteiger partial charge in [-0.15, -0.1) is 0 Å². The van der Waals surface area contributed by atoms with Gasteiger partial charge in [0.1, 0.15) is 0 Å². The van der Waals surface area contributed by atoms with Crippen LogP contribution in [-0.4, -0.2) is 38.5 Å². The van der Waals surface area contributed by atoms with Crippen LogP contribution in [0.4, 0.5) is 0 Å². The Morgan fingerprint density at radius 1 is 0.900 bits per heavy atom. The molecule has 3 unspecified atom stereocenters. The van der Waals surface area contributed by atoms with Crippen molar-refractivity contribution in [1.29, 1.82) is 0 Å². The van der Waals surface area contributed by atoms with Crippen LogP contribution in [0, 0.1) is 5.92 Å². The zero-order valence-electron chi connectivity index (χ0n) is 13.8. The van der Waals surface area contributed by atoms with Crippen molar-refractivity contribution in [2.24, 2.45) is 5.92 Å². The molecule has 0 amide bonds. The summed E-state index contributed by atoms with van der Waals surface area (Å²) in [6.45, 7) is 10.5. The normalized spacial score (nSPS) is 31.1. The van der Waals surface area contributed by atoms with E-state index >= 15 is 0 Å². The third-order valence-electron chi connectivity index (χ3n) is 4.16. The van der Waals surface area contributed by atoms with Crippen LogP contribution < -0.4 is 5.32 Å². The fraction of sp³-hybridized carbons (Fsp3) is 1.00. The fourth-order valence-corrected chi connectivity index (χ4v) is 2.67. The standard InChI is InChI=1S/C9H16O.C4H9NO.C4H10/c1-2-3-7-4-5-8-9(6-7)10-8;1-3-6-4-2-5-1;1-3-4-2/h7-9H,2-6H2,1H3;5H,1-4H2;3-4H2,1-2H3. The maximum Gasteiger partial charge on any atom is 0.0844 e. The van der Waals surface area contributed by atoms with E-state index in [1.807, 2.05) is 0 Å². The molecule has 0 aromatic carbocycles. The largest absolute Gasteiger partial charge is 0.379 e. The van der Waals surface area contributed by atoms with E-state index in [2.05, 4.69) is 26.1 Å². The summed E-state index contributed by atoms with van der Waals surface area (Å²) in [5.41, 5.74) is 0. The minimum Gasteiger partial charge on any atom is -0.379 e. The van der Waals surface area contributed by atoms with Gasteiger partial charge in [0.2, 0.25) is 0 Å². The second-order valence-corrected chi connectivity index (χ2v) is 6.04. The number of ether oxygens (including phenoxy) is 2. The maximum atomic E-state index is 5.45. The van der Waals surface area contributed by atoms with Gasteiger partial charge in [-0.2, -0.15) is 0 Å². The third-order valence-corrected chi connectivity index (χ3v) is 4.16. The van der Waals surface area contributed by atoms with E-state index in [-0.39, 0.29) is 0 Å². The lowest BCUT2D eigenvalue weighted by Gasteiger charge is -2.17. The van der Waals surface area contributed by atoms with Crippen molar-refractivity contribution in [3.8, 4) is 0 Å². The summed E-state index contributed by atoms with van der Waals surface area (Å²) in [7, 11) is 0. The first-order valence-corrected chi connectivity index (χ1v) is 8.75. The fourth-order valence-electron chi connectivity index (χ4n) is 2.67.